The largest absolute Gasteiger partial charge is 0.481 e. The molecule has 34 heavy (non-hydrogen) atoms. The van der Waals surface area contributed by atoms with E-state index in [9.17, 15) is 26.7 Å². The lowest BCUT2D eigenvalue weighted by Gasteiger charge is -2.18. The van der Waals surface area contributed by atoms with Crippen molar-refractivity contribution in [1.82, 2.24) is 14.5 Å². The van der Waals surface area contributed by atoms with Crippen LogP contribution in [0, 0.1) is 24.1 Å². The van der Waals surface area contributed by atoms with E-state index in [0.29, 0.717) is 17.6 Å². The third kappa shape index (κ3) is 5.09. The molecular formula is C21H14ClF5N4O3. The van der Waals surface area contributed by atoms with Gasteiger partial charge in [-0.25, -0.2) is 18.7 Å². The molecule has 0 fully saturated rings. The Kier molecular flexibility index (Phi) is 7.07. The van der Waals surface area contributed by atoms with Crippen LogP contribution < -0.4 is 15.0 Å². The van der Waals surface area contributed by atoms with Crippen molar-refractivity contribution in [3.63, 3.8) is 0 Å². The smallest absolute Gasteiger partial charge is 0.425 e. The third-order valence-corrected chi connectivity index (χ3v) is 4.72. The van der Waals surface area contributed by atoms with Gasteiger partial charge < -0.3 is 9.47 Å². The van der Waals surface area contributed by atoms with Crippen LogP contribution in [-0.2, 0) is 6.54 Å². The van der Waals surface area contributed by atoms with E-state index in [1.807, 2.05) is 0 Å². The monoisotopic (exact) mass is 500 g/mol. The summed E-state index contributed by atoms with van der Waals surface area (Å²) in [5, 5.41) is 8.80. The van der Waals surface area contributed by atoms with Crippen LogP contribution in [0.5, 0.6) is 17.4 Å². The zero-order valence-corrected chi connectivity index (χ0v) is 18.2. The predicted molar refractivity (Wildman–Crippen MR) is 109 cm³/mol. The van der Waals surface area contributed by atoms with Gasteiger partial charge >= 0.3 is 6.18 Å². The Hall–Kier alpha value is -3.72. The molecule has 2 aromatic heterocycles. The number of halogens is 6. The summed E-state index contributed by atoms with van der Waals surface area (Å²) in [6.45, 7) is 1.40. The van der Waals surface area contributed by atoms with E-state index in [-0.39, 0.29) is 17.4 Å². The van der Waals surface area contributed by atoms with Crippen LogP contribution in [0.25, 0.3) is 0 Å². The fourth-order valence-corrected chi connectivity index (χ4v) is 3.11. The lowest BCUT2D eigenvalue weighted by molar-refractivity contribution is -0.184. The molecule has 0 aliphatic heterocycles. The summed E-state index contributed by atoms with van der Waals surface area (Å²) in [5.74, 6) is -3.25. The molecule has 0 amide bonds. The van der Waals surface area contributed by atoms with Crippen molar-refractivity contribution < 1.29 is 31.4 Å². The summed E-state index contributed by atoms with van der Waals surface area (Å²) in [6, 6.07) is 6.42. The zero-order valence-electron chi connectivity index (χ0n) is 17.5. The predicted octanol–water partition coefficient (Wildman–Crippen LogP) is 5.03. The van der Waals surface area contributed by atoms with Crippen molar-refractivity contribution in [2.75, 3.05) is 7.11 Å². The maximum atomic E-state index is 14.5. The molecule has 0 spiro atoms. The number of rotatable bonds is 6. The topological polar surface area (TPSA) is 90.0 Å². The molecule has 3 rings (SSSR count). The summed E-state index contributed by atoms with van der Waals surface area (Å²) in [4.78, 5) is 20.6. The Morgan fingerprint density at radius 3 is 2.62 bits per heavy atom. The summed E-state index contributed by atoms with van der Waals surface area (Å²) in [7, 11) is 1.33. The number of nitrogens with zero attached hydrogens (tertiary/aromatic N) is 4. The van der Waals surface area contributed by atoms with Crippen LogP contribution in [0.15, 0.2) is 35.4 Å². The summed E-state index contributed by atoms with van der Waals surface area (Å²) < 4.78 is 79.1. The molecule has 1 unspecified atom stereocenters. The van der Waals surface area contributed by atoms with Gasteiger partial charge in [-0.05, 0) is 19.1 Å². The van der Waals surface area contributed by atoms with E-state index >= 15 is 0 Å². The van der Waals surface area contributed by atoms with Crippen molar-refractivity contribution in [3.8, 4) is 23.4 Å². The Bertz CT molecular complexity index is 1340. The SMILES string of the molecule is COc1nc(C)ccc1Cn1cnc(C(F)C(F)(F)F)c(Oc2cc(Cl)cc(C#N)c2F)c1=O. The minimum absolute atomic E-state index is 0.136. The number of methoxy groups -OCH3 is 1. The van der Waals surface area contributed by atoms with Crippen molar-refractivity contribution in [1.29, 1.82) is 5.26 Å². The first-order chi connectivity index (χ1) is 16.0. The Morgan fingerprint density at radius 2 is 2.00 bits per heavy atom. The number of benzene rings is 1. The van der Waals surface area contributed by atoms with Gasteiger partial charge in [0.1, 0.15) is 11.8 Å². The number of aryl methyl sites for hydroxylation is 1. The lowest BCUT2D eigenvalue weighted by Crippen LogP contribution is -2.27. The molecule has 0 saturated carbocycles. The minimum atomic E-state index is -5.43. The van der Waals surface area contributed by atoms with Crippen molar-refractivity contribution in [2.24, 2.45) is 0 Å². The highest BCUT2D eigenvalue weighted by atomic mass is 35.5. The van der Waals surface area contributed by atoms with E-state index in [4.69, 9.17) is 26.3 Å². The molecular weight excluding hydrogens is 487 g/mol. The van der Waals surface area contributed by atoms with Gasteiger partial charge in [0.15, 0.2) is 11.6 Å². The molecule has 1 atom stereocenters. The van der Waals surface area contributed by atoms with E-state index in [0.717, 1.165) is 16.7 Å². The van der Waals surface area contributed by atoms with Crippen LogP contribution in [0.2, 0.25) is 5.02 Å². The molecule has 0 N–H and O–H groups in total. The van der Waals surface area contributed by atoms with Crippen LogP contribution in [0.4, 0.5) is 22.0 Å². The molecule has 0 aliphatic rings. The van der Waals surface area contributed by atoms with Crippen molar-refractivity contribution >= 4 is 11.6 Å². The molecule has 0 radical (unpaired) electrons. The fourth-order valence-electron chi connectivity index (χ4n) is 2.90. The van der Waals surface area contributed by atoms with Gasteiger partial charge in [0.2, 0.25) is 17.8 Å². The Labute approximate surface area is 194 Å². The molecule has 1 aromatic carbocycles. The number of aromatic nitrogens is 3. The van der Waals surface area contributed by atoms with E-state index < -0.39 is 46.5 Å². The number of hydrogen-bond acceptors (Lipinski definition) is 6. The first kappa shape index (κ1) is 24.9. The maximum absolute atomic E-state index is 14.5. The highest BCUT2D eigenvalue weighted by Gasteiger charge is 2.45. The number of alkyl halides is 4. The lowest BCUT2D eigenvalue weighted by atomic mass is 10.2. The quantitative estimate of drug-likeness (QED) is 0.441. The van der Waals surface area contributed by atoms with Crippen molar-refractivity contribution in [3.05, 3.63) is 74.3 Å². The van der Waals surface area contributed by atoms with Gasteiger partial charge in [-0.2, -0.15) is 18.4 Å². The third-order valence-electron chi connectivity index (χ3n) is 4.50. The van der Waals surface area contributed by atoms with Crippen LogP contribution in [-0.4, -0.2) is 27.8 Å². The zero-order chi connectivity index (χ0) is 25.2. The number of nitriles is 1. The molecule has 0 aliphatic carbocycles. The van der Waals surface area contributed by atoms with E-state index in [1.165, 1.54) is 13.2 Å². The van der Waals surface area contributed by atoms with E-state index in [2.05, 4.69) is 9.97 Å². The van der Waals surface area contributed by atoms with Crippen LogP contribution in [0.1, 0.15) is 28.7 Å². The molecule has 0 saturated heterocycles. The highest BCUT2D eigenvalue weighted by molar-refractivity contribution is 6.30. The second-order valence-electron chi connectivity index (χ2n) is 6.90. The van der Waals surface area contributed by atoms with Gasteiger partial charge in [-0.15, -0.1) is 0 Å². The summed E-state index contributed by atoms with van der Waals surface area (Å²) in [5.41, 5.74) is -2.32. The average Bonchev–Trinajstić information content (AvgIpc) is 2.78. The fraction of sp³-hybridized carbons (Fsp3) is 0.238. The van der Waals surface area contributed by atoms with E-state index in [1.54, 1.807) is 19.1 Å². The Balaban J connectivity index is 2.17. The van der Waals surface area contributed by atoms with Gasteiger partial charge in [-0.1, -0.05) is 17.7 Å². The standard InChI is InChI=1S/C21H14ClF5N4O3/c1-10-3-4-11(19(30-10)33-2)8-31-9-29-16(18(24)21(25,26)27)17(20(31)32)34-14-6-13(22)5-12(7-28)15(14)23/h3-6,9,18H,8H2,1-2H3. The molecule has 178 valence electrons. The number of ether oxygens (including phenoxy) is 2. The first-order valence-corrected chi connectivity index (χ1v) is 9.71. The van der Waals surface area contributed by atoms with Crippen molar-refractivity contribution in [2.45, 2.75) is 25.8 Å². The summed E-state index contributed by atoms with van der Waals surface area (Å²) in [6.07, 6.45) is -8.45. The minimum Gasteiger partial charge on any atom is -0.481 e. The molecule has 0 bridgehead atoms. The first-order valence-electron chi connectivity index (χ1n) is 9.33. The number of pyridine rings is 1. The average molecular weight is 501 g/mol. The Morgan fingerprint density at radius 1 is 1.29 bits per heavy atom. The number of hydrogen-bond donors (Lipinski definition) is 0. The maximum Gasteiger partial charge on any atom is 0.425 e. The normalized spacial score (nSPS) is 12.2. The molecule has 13 heteroatoms. The van der Waals surface area contributed by atoms with Gasteiger partial charge in [0.05, 0.1) is 25.5 Å². The second-order valence-corrected chi connectivity index (χ2v) is 7.33. The van der Waals surface area contributed by atoms with Gasteiger partial charge in [0.25, 0.3) is 5.56 Å². The molecule has 3 aromatic rings. The highest BCUT2D eigenvalue weighted by Crippen LogP contribution is 2.39. The van der Waals surface area contributed by atoms with Crippen LogP contribution >= 0.6 is 11.6 Å². The van der Waals surface area contributed by atoms with Crippen LogP contribution in [0.3, 0.4) is 0 Å². The molecule has 2 heterocycles. The second kappa shape index (κ2) is 9.64. The van der Waals surface area contributed by atoms with Gasteiger partial charge in [-0.3, -0.25) is 9.36 Å². The molecule has 7 nitrogen and oxygen atoms in total. The summed E-state index contributed by atoms with van der Waals surface area (Å²) >= 11 is 5.79. The van der Waals surface area contributed by atoms with Gasteiger partial charge in [0, 0.05) is 22.3 Å².